The third-order valence-corrected chi connectivity index (χ3v) is 5.43. The van der Waals surface area contributed by atoms with E-state index in [1.165, 1.54) is 0 Å². The predicted octanol–water partition coefficient (Wildman–Crippen LogP) is 4.84. The van der Waals surface area contributed by atoms with Crippen LogP contribution in [0.15, 0.2) is 47.0 Å². The Labute approximate surface area is 172 Å². The Balaban J connectivity index is 1.74. The molecule has 3 heterocycles. The van der Waals surface area contributed by atoms with E-state index in [0.717, 1.165) is 40.8 Å². The Bertz CT molecular complexity index is 1200. The third-order valence-electron chi connectivity index (χ3n) is 5.18. The fraction of sp³-hybridized carbons (Fsp3) is 0.238. The molecule has 146 valence electrons. The maximum absolute atomic E-state index is 6.13. The van der Waals surface area contributed by atoms with Crippen LogP contribution in [0.1, 0.15) is 30.4 Å². The van der Waals surface area contributed by atoms with Crippen LogP contribution < -0.4 is 4.90 Å². The third kappa shape index (κ3) is 2.98. The second-order valence-electron chi connectivity index (χ2n) is 7.27. The Morgan fingerprint density at radius 1 is 1.03 bits per heavy atom. The summed E-state index contributed by atoms with van der Waals surface area (Å²) in [4.78, 5) is 6.66. The van der Waals surface area contributed by atoms with Gasteiger partial charge in [-0.05, 0) is 49.4 Å². The average Bonchev–Trinajstić information content (AvgIpc) is 3.29. The van der Waals surface area contributed by atoms with Gasteiger partial charge in [0.05, 0.1) is 11.4 Å². The zero-order valence-corrected chi connectivity index (χ0v) is 17.1. The highest BCUT2D eigenvalue weighted by molar-refractivity contribution is 6.30. The van der Waals surface area contributed by atoms with Crippen molar-refractivity contribution in [2.45, 2.75) is 26.7 Å². The number of rotatable bonds is 2. The first-order valence-corrected chi connectivity index (χ1v) is 9.79. The lowest BCUT2D eigenvalue weighted by atomic mass is 10.1. The number of nitrogens with zero attached hydrogens (tertiary/aromatic N) is 6. The number of aromatic nitrogens is 5. The molecule has 8 heteroatoms. The molecule has 0 fully saturated rings. The summed E-state index contributed by atoms with van der Waals surface area (Å²) >= 11 is 6.13. The van der Waals surface area contributed by atoms with Crippen LogP contribution in [-0.4, -0.2) is 31.4 Å². The van der Waals surface area contributed by atoms with Crippen molar-refractivity contribution in [3.05, 3.63) is 65.0 Å². The van der Waals surface area contributed by atoms with Gasteiger partial charge in [0.25, 0.3) is 0 Å². The monoisotopic (exact) mass is 406 g/mol. The first kappa shape index (κ1) is 17.9. The topological polar surface area (TPSA) is 72.9 Å². The van der Waals surface area contributed by atoms with E-state index in [-0.39, 0.29) is 5.92 Å². The van der Waals surface area contributed by atoms with Gasteiger partial charge in [0, 0.05) is 35.7 Å². The van der Waals surface area contributed by atoms with Crippen molar-refractivity contribution in [3.8, 4) is 17.1 Å². The number of benzene rings is 2. The number of hydrogen-bond acceptors (Lipinski definition) is 6. The second kappa shape index (κ2) is 6.70. The molecular weight excluding hydrogens is 388 g/mol. The highest BCUT2D eigenvalue weighted by atomic mass is 35.5. The van der Waals surface area contributed by atoms with Crippen LogP contribution in [0.2, 0.25) is 5.02 Å². The standard InChI is InChI=1S/C21H19ClN6O/c1-12-11-27(17-7-5-16(22)6-8-17)19-10-15(20-23-14(3)29-26-20)4-9-18(19)28-13(2)24-25-21(12)28/h4-10,12H,11H2,1-3H3. The van der Waals surface area contributed by atoms with Crippen LogP contribution in [0.5, 0.6) is 0 Å². The Morgan fingerprint density at radius 3 is 2.55 bits per heavy atom. The van der Waals surface area contributed by atoms with Crippen LogP contribution in [0.4, 0.5) is 11.4 Å². The Hall–Kier alpha value is -3.19. The van der Waals surface area contributed by atoms with Crippen molar-refractivity contribution in [2.24, 2.45) is 0 Å². The van der Waals surface area contributed by atoms with Crippen LogP contribution in [0.3, 0.4) is 0 Å². The number of anilines is 2. The van der Waals surface area contributed by atoms with Gasteiger partial charge >= 0.3 is 0 Å². The van der Waals surface area contributed by atoms with Crippen molar-refractivity contribution in [3.63, 3.8) is 0 Å². The molecule has 0 spiro atoms. The Morgan fingerprint density at radius 2 is 1.83 bits per heavy atom. The minimum absolute atomic E-state index is 0.176. The zero-order valence-electron chi connectivity index (χ0n) is 16.3. The maximum Gasteiger partial charge on any atom is 0.223 e. The summed E-state index contributed by atoms with van der Waals surface area (Å²) in [6, 6.07) is 14.0. The molecule has 0 amide bonds. The van der Waals surface area contributed by atoms with Gasteiger partial charge in [-0.2, -0.15) is 4.98 Å². The molecule has 1 unspecified atom stereocenters. The van der Waals surface area contributed by atoms with E-state index in [4.69, 9.17) is 16.1 Å². The van der Waals surface area contributed by atoms with Gasteiger partial charge in [0.1, 0.15) is 11.6 Å². The summed E-state index contributed by atoms with van der Waals surface area (Å²) in [6.45, 7) is 6.68. The first-order chi connectivity index (χ1) is 14.0. The normalized spacial score (nSPS) is 15.7. The quantitative estimate of drug-likeness (QED) is 0.474. The molecule has 5 rings (SSSR count). The molecule has 7 nitrogen and oxygen atoms in total. The van der Waals surface area contributed by atoms with E-state index < -0.39 is 0 Å². The lowest BCUT2D eigenvalue weighted by Gasteiger charge is -2.27. The van der Waals surface area contributed by atoms with Gasteiger partial charge in [-0.1, -0.05) is 23.7 Å². The van der Waals surface area contributed by atoms with Crippen molar-refractivity contribution in [1.29, 1.82) is 0 Å². The van der Waals surface area contributed by atoms with E-state index in [0.29, 0.717) is 16.7 Å². The summed E-state index contributed by atoms with van der Waals surface area (Å²) in [5, 5.41) is 13.6. The van der Waals surface area contributed by atoms with Gasteiger partial charge in [-0.15, -0.1) is 10.2 Å². The van der Waals surface area contributed by atoms with Crippen molar-refractivity contribution < 1.29 is 4.52 Å². The molecular formula is C21H19ClN6O. The molecule has 2 aromatic carbocycles. The predicted molar refractivity (Wildman–Crippen MR) is 111 cm³/mol. The van der Waals surface area contributed by atoms with E-state index in [9.17, 15) is 0 Å². The summed E-state index contributed by atoms with van der Waals surface area (Å²) < 4.78 is 7.30. The largest absolute Gasteiger partial charge is 0.339 e. The van der Waals surface area contributed by atoms with Crippen molar-refractivity contribution >= 4 is 23.0 Å². The molecule has 0 aliphatic carbocycles. The molecule has 1 aliphatic heterocycles. The molecule has 2 aromatic heterocycles. The van der Waals surface area contributed by atoms with Gasteiger partial charge in [-0.3, -0.25) is 4.57 Å². The summed E-state index contributed by atoms with van der Waals surface area (Å²) in [5.74, 6) is 3.09. The molecule has 0 N–H and O–H groups in total. The fourth-order valence-corrected chi connectivity index (χ4v) is 3.93. The highest BCUT2D eigenvalue weighted by Gasteiger charge is 2.28. The van der Waals surface area contributed by atoms with Crippen molar-refractivity contribution in [2.75, 3.05) is 11.4 Å². The van der Waals surface area contributed by atoms with Crippen LogP contribution in [-0.2, 0) is 0 Å². The number of fused-ring (bicyclic) bond motifs is 3. The zero-order chi connectivity index (χ0) is 20.1. The summed E-state index contributed by atoms with van der Waals surface area (Å²) in [6.07, 6.45) is 0. The minimum Gasteiger partial charge on any atom is -0.339 e. The maximum atomic E-state index is 6.13. The number of aryl methyl sites for hydroxylation is 2. The molecule has 0 bridgehead atoms. The molecule has 0 saturated carbocycles. The smallest absolute Gasteiger partial charge is 0.223 e. The van der Waals surface area contributed by atoms with Crippen LogP contribution >= 0.6 is 11.6 Å². The SMILES string of the molecule is Cc1nc(-c2ccc3c(c2)N(c2ccc(Cl)cc2)CC(C)c2nnc(C)n2-3)no1. The highest BCUT2D eigenvalue weighted by Crippen LogP contribution is 2.40. The number of hydrogen-bond donors (Lipinski definition) is 0. The average molecular weight is 407 g/mol. The molecule has 0 radical (unpaired) electrons. The lowest BCUT2D eigenvalue weighted by molar-refractivity contribution is 0.394. The summed E-state index contributed by atoms with van der Waals surface area (Å²) in [5.41, 5.74) is 3.99. The van der Waals surface area contributed by atoms with Gasteiger partial charge in [-0.25, -0.2) is 0 Å². The fourth-order valence-electron chi connectivity index (χ4n) is 3.80. The first-order valence-electron chi connectivity index (χ1n) is 9.41. The lowest BCUT2D eigenvalue weighted by Crippen LogP contribution is -2.22. The van der Waals surface area contributed by atoms with Crippen LogP contribution in [0.25, 0.3) is 17.1 Å². The van der Waals surface area contributed by atoms with Crippen LogP contribution in [0, 0.1) is 13.8 Å². The number of halogens is 1. The summed E-state index contributed by atoms with van der Waals surface area (Å²) in [7, 11) is 0. The molecule has 29 heavy (non-hydrogen) atoms. The van der Waals surface area contributed by atoms with E-state index in [2.05, 4.69) is 48.9 Å². The van der Waals surface area contributed by atoms with E-state index >= 15 is 0 Å². The van der Waals surface area contributed by atoms with Gasteiger partial charge in [0.2, 0.25) is 11.7 Å². The van der Waals surface area contributed by atoms with Crippen molar-refractivity contribution in [1.82, 2.24) is 24.9 Å². The minimum atomic E-state index is 0.176. The Kier molecular flexibility index (Phi) is 4.13. The van der Waals surface area contributed by atoms with Gasteiger partial charge in [0.15, 0.2) is 0 Å². The van der Waals surface area contributed by atoms with Gasteiger partial charge < -0.3 is 9.42 Å². The molecule has 1 atom stereocenters. The molecule has 0 saturated heterocycles. The molecule has 1 aliphatic rings. The molecule has 4 aromatic rings. The second-order valence-corrected chi connectivity index (χ2v) is 7.71. The van der Waals surface area contributed by atoms with E-state index in [1.807, 2.05) is 37.3 Å². The van der Waals surface area contributed by atoms with E-state index in [1.54, 1.807) is 6.92 Å².